The third-order valence-electron chi connectivity index (χ3n) is 4.24. The van der Waals surface area contributed by atoms with E-state index in [2.05, 4.69) is 20.5 Å². The van der Waals surface area contributed by atoms with Crippen molar-refractivity contribution in [3.63, 3.8) is 0 Å². The zero-order valence-electron chi connectivity index (χ0n) is 13.3. The summed E-state index contributed by atoms with van der Waals surface area (Å²) in [6, 6.07) is 6.23. The van der Waals surface area contributed by atoms with Crippen LogP contribution in [0.3, 0.4) is 0 Å². The van der Waals surface area contributed by atoms with Crippen molar-refractivity contribution in [2.45, 2.75) is 25.7 Å². The molecule has 0 aliphatic heterocycles. The van der Waals surface area contributed by atoms with Crippen LogP contribution in [0, 0.1) is 10.1 Å². The van der Waals surface area contributed by atoms with E-state index in [9.17, 15) is 10.1 Å². The van der Waals surface area contributed by atoms with Gasteiger partial charge in [-0.3, -0.25) is 15.5 Å². The van der Waals surface area contributed by atoms with Gasteiger partial charge in [-0.05, 0) is 48.9 Å². The fourth-order valence-electron chi connectivity index (χ4n) is 3.03. The standard InChI is InChI=1S/C17H15N5O2S/c23-22(24)12-7-5-11(6-8-12)9-20-21-16-15-13-3-1-2-4-14(13)25-17(15)19-10-18-16/h5-10H,1-4H2,(H,18,19,21)/b20-9-. The van der Waals surface area contributed by atoms with Crippen LogP contribution in [-0.2, 0) is 12.8 Å². The first-order valence-corrected chi connectivity index (χ1v) is 8.83. The number of benzene rings is 1. The van der Waals surface area contributed by atoms with Gasteiger partial charge in [0.15, 0.2) is 5.82 Å². The fraction of sp³-hybridized carbons (Fsp3) is 0.235. The number of aryl methyl sites for hydroxylation is 2. The zero-order valence-corrected chi connectivity index (χ0v) is 14.1. The normalized spacial score (nSPS) is 13.9. The van der Waals surface area contributed by atoms with Crippen molar-refractivity contribution in [2.24, 2.45) is 5.10 Å². The van der Waals surface area contributed by atoms with E-state index in [0.717, 1.165) is 28.6 Å². The molecule has 1 aliphatic rings. The van der Waals surface area contributed by atoms with Gasteiger partial charge < -0.3 is 0 Å². The van der Waals surface area contributed by atoms with E-state index in [4.69, 9.17) is 0 Å². The topological polar surface area (TPSA) is 93.3 Å². The van der Waals surface area contributed by atoms with E-state index in [1.54, 1.807) is 36.0 Å². The highest BCUT2D eigenvalue weighted by Crippen LogP contribution is 2.38. The maximum absolute atomic E-state index is 10.7. The molecule has 0 spiro atoms. The van der Waals surface area contributed by atoms with Crippen LogP contribution < -0.4 is 5.43 Å². The third-order valence-corrected chi connectivity index (χ3v) is 5.44. The van der Waals surface area contributed by atoms with E-state index in [0.29, 0.717) is 5.82 Å². The first-order valence-electron chi connectivity index (χ1n) is 8.01. The van der Waals surface area contributed by atoms with Crippen molar-refractivity contribution >= 4 is 39.3 Å². The summed E-state index contributed by atoms with van der Waals surface area (Å²) in [6.07, 6.45) is 7.77. The lowest BCUT2D eigenvalue weighted by atomic mass is 9.97. The van der Waals surface area contributed by atoms with Crippen LogP contribution in [-0.4, -0.2) is 21.1 Å². The Bertz CT molecular complexity index is 965. The average Bonchev–Trinajstić information content (AvgIpc) is 3.01. The molecular formula is C17H15N5O2S. The van der Waals surface area contributed by atoms with Gasteiger partial charge in [-0.2, -0.15) is 5.10 Å². The molecule has 25 heavy (non-hydrogen) atoms. The maximum atomic E-state index is 10.7. The number of nitro benzene ring substituents is 1. The number of non-ortho nitro benzene ring substituents is 1. The van der Waals surface area contributed by atoms with Gasteiger partial charge in [0.25, 0.3) is 5.69 Å². The van der Waals surface area contributed by atoms with E-state index in [1.807, 2.05) is 0 Å². The van der Waals surface area contributed by atoms with Gasteiger partial charge in [-0.1, -0.05) is 0 Å². The van der Waals surface area contributed by atoms with Gasteiger partial charge in [0.2, 0.25) is 0 Å². The third kappa shape index (κ3) is 3.08. The van der Waals surface area contributed by atoms with Crippen LogP contribution in [0.25, 0.3) is 10.2 Å². The zero-order chi connectivity index (χ0) is 17.2. The molecule has 1 aromatic carbocycles. The Kier molecular flexibility index (Phi) is 4.10. The van der Waals surface area contributed by atoms with Crippen LogP contribution in [0.4, 0.5) is 11.5 Å². The average molecular weight is 353 g/mol. The molecule has 3 aromatic rings. The second-order valence-electron chi connectivity index (χ2n) is 5.83. The lowest BCUT2D eigenvalue weighted by Crippen LogP contribution is -2.01. The number of hydrazone groups is 1. The number of thiophene rings is 1. The van der Waals surface area contributed by atoms with E-state index in [1.165, 1.54) is 35.4 Å². The predicted octanol–water partition coefficient (Wildman–Crippen LogP) is 3.92. The second-order valence-corrected chi connectivity index (χ2v) is 6.92. The van der Waals surface area contributed by atoms with Gasteiger partial charge >= 0.3 is 0 Å². The van der Waals surface area contributed by atoms with Crippen molar-refractivity contribution in [1.29, 1.82) is 0 Å². The van der Waals surface area contributed by atoms with Gasteiger partial charge in [-0.25, -0.2) is 9.97 Å². The first-order chi connectivity index (χ1) is 12.2. The summed E-state index contributed by atoms with van der Waals surface area (Å²) >= 11 is 1.74. The Hall–Kier alpha value is -2.87. The first kappa shape index (κ1) is 15.6. The molecule has 1 aliphatic carbocycles. The molecule has 0 bridgehead atoms. The van der Waals surface area contributed by atoms with Crippen LogP contribution in [0.5, 0.6) is 0 Å². The van der Waals surface area contributed by atoms with Crippen LogP contribution in [0.15, 0.2) is 35.7 Å². The van der Waals surface area contributed by atoms with Crippen molar-refractivity contribution in [3.05, 3.63) is 56.7 Å². The molecule has 8 heteroatoms. The number of anilines is 1. The summed E-state index contributed by atoms with van der Waals surface area (Å²) in [4.78, 5) is 21.4. The fourth-order valence-corrected chi connectivity index (χ4v) is 4.25. The van der Waals surface area contributed by atoms with Crippen molar-refractivity contribution < 1.29 is 4.92 Å². The molecule has 7 nitrogen and oxygen atoms in total. The molecule has 0 amide bonds. The number of hydrogen-bond donors (Lipinski definition) is 1. The highest BCUT2D eigenvalue weighted by Gasteiger charge is 2.19. The Morgan fingerprint density at radius 3 is 2.80 bits per heavy atom. The monoisotopic (exact) mass is 353 g/mol. The molecule has 0 unspecified atom stereocenters. The summed E-state index contributed by atoms with van der Waals surface area (Å²) in [5.74, 6) is 0.711. The molecule has 2 heterocycles. The Labute approximate surface area is 147 Å². The molecule has 4 rings (SSSR count). The Balaban J connectivity index is 1.58. The second kappa shape index (κ2) is 6.56. The van der Waals surface area contributed by atoms with E-state index >= 15 is 0 Å². The molecule has 0 atom stereocenters. The minimum Gasteiger partial charge on any atom is -0.261 e. The molecule has 0 radical (unpaired) electrons. The van der Waals surface area contributed by atoms with Crippen molar-refractivity contribution in [2.75, 3.05) is 5.43 Å². The predicted molar refractivity (Wildman–Crippen MR) is 98.4 cm³/mol. The molecule has 0 saturated heterocycles. The van der Waals surface area contributed by atoms with Crippen LogP contribution in [0.1, 0.15) is 28.8 Å². The number of fused-ring (bicyclic) bond motifs is 3. The van der Waals surface area contributed by atoms with E-state index in [-0.39, 0.29) is 5.69 Å². The van der Waals surface area contributed by atoms with Crippen LogP contribution >= 0.6 is 11.3 Å². The molecule has 0 saturated carbocycles. The number of nitro groups is 1. The van der Waals surface area contributed by atoms with Gasteiger partial charge in [-0.15, -0.1) is 11.3 Å². The number of rotatable bonds is 4. The summed E-state index contributed by atoms with van der Waals surface area (Å²) in [6.45, 7) is 0. The van der Waals surface area contributed by atoms with Crippen LogP contribution in [0.2, 0.25) is 0 Å². The molecule has 1 N–H and O–H groups in total. The minimum atomic E-state index is -0.420. The summed E-state index contributed by atoms with van der Waals surface area (Å²) in [5, 5.41) is 16.0. The summed E-state index contributed by atoms with van der Waals surface area (Å²) in [5.41, 5.74) is 5.18. The highest BCUT2D eigenvalue weighted by molar-refractivity contribution is 7.19. The van der Waals surface area contributed by atoms with Crippen molar-refractivity contribution in [1.82, 2.24) is 9.97 Å². The van der Waals surface area contributed by atoms with Crippen molar-refractivity contribution in [3.8, 4) is 0 Å². The largest absolute Gasteiger partial charge is 0.269 e. The molecule has 126 valence electrons. The SMILES string of the molecule is O=[N+]([O-])c1ccc(/C=N\Nc2ncnc3sc4c(c23)CCCC4)cc1. The lowest BCUT2D eigenvalue weighted by Gasteiger charge is -2.11. The Morgan fingerprint density at radius 2 is 2.00 bits per heavy atom. The van der Waals surface area contributed by atoms with E-state index < -0.39 is 4.92 Å². The maximum Gasteiger partial charge on any atom is 0.269 e. The van der Waals surface area contributed by atoms with Gasteiger partial charge in [0.05, 0.1) is 16.5 Å². The van der Waals surface area contributed by atoms with Gasteiger partial charge in [0, 0.05) is 17.0 Å². The smallest absolute Gasteiger partial charge is 0.261 e. The number of nitrogens with one attached hydrogen (secondary N) is 1. The number of hydrogen-bond acceptors (Lipinski definition) is 7. The molecule has 2 aromatic heterocycles. The minimum absolute atomic E-state index is 0.0625. The lowest BCUT2D eigenvalue weighted by molar-refractivity contribution is -0.384. The number of nitrogens with zero attached hydrogens (tertiary/aromatic N) is 4. The summed E-state index contributed by atoms with van der Waals surface area (Å²) < 4.78 is 0. The molecule has 0 fully saturated rings. The van der Waals surface area contributed by atoms with Gasteiger partial charge in [0.1, 0.15) is 11.2 Å². The number of aromatic nitrogens is 2. The quantitative estimate of drug-likeness (QED) is 0.436. The Morgan fingerprint density at radius 1 is 1.20 bits per heavy atom. The highest BCUT2D eigenvalue weighted by atomic mass is 32.1. The summed E-state index contributed by atoms with van der Waals surface area (Å²) in [7, 11) is 0. The molecular weight excluding hydrogens is 338 g/mol.